The van der Waals surface area contributed by atoms with E-state index in [0.29, 0.717) is 12.1 Å². The largest absolute Gasteiger partial charge is 0.508 e. The molecule has 4 atom stereocenters. The maximum absolute atomic E-state index is 13.4. The van der Waals surface area contributed by atoms with Gasteiger partial charge in [0.2, 0.25) is 11.8 Å². The van der Waals surface area contributed by atoms with Crippen LogP contribution in [0.5, 0.6) is 5.75 Å². The van der Waals surface area contributed by atoms with Crippen molar-refractivity contribution in [3.05, 3.63) is 65.2 Å². The molecule has 0 spiro atoms. The molecule has 41 heavy (non-hydrogen) atoms. The first kappa shape index (κ1) is 30.0. The fourth-order valence-corrected chi connectivity index (χ4v) is 4.92. The summed E-state index contributed by atoms with van der Waals surface area (Å²) < 4.78 is 5.37. The summed E-state index contributed by atoms with van der Waals surface area (Å²) in [4.78, 5) is 53.4. The van der Waals surface area contributed by atoms with Crippen molar-refractivity contribution in [3.8, 4) is 5.75 Å². The van der Waals surface area contributed by atoms with Crippen LogP contribution in [0.25, 0.3) is 0 Å². The summed E-state index contributed by atoms with van der Waals surface area (Å²) in [6.45, 7) is 5.21. The average molecular weight is 566 g/mol. The van der Waals surface area contributed by atoms with Gasteiger partial charge in [-0.1, -0.05) is 48.4 Å². The fourth-order valence-electron chi connectivity index (χ4n) is 4.92. The molecule has 0 aliphatic carbocycles. The topological polar surface area (TPSA) is 166 Å². The van der Waals surface area contributed by atoms with Crippen LogP contribution in [0.2, 0.25) is 0 Å². The number of hydrogen-bond acceptors (Lipinski definition) is 7. The van der Waals surface area contributed by atoms with Gasteiger partial charge in [0.05, 0.1) is 0 Å². The number of benzene rings is 2. The number of aryl methyl sites for hydroxylation is 1. The molecule has 2 aromatic carbocycles. The summed E-state index contributed by atoms with van der Waals surface area (Å²) in [5, 5.41) is 17.7. The Labute approximate surface area is 239 Å². The minimum Gasteiger partial charge on any atom is -0.508 e. The van der Waals surface area contributed by atoms with Crippen LogP contribution in [0.15, 0.2) is 48.5 Å². The van der Waals surface area contributed by atoms with Crippen LogP contribution >= 0.6 is 0 Å². The van der Waals surface area contributed by atoms with Gasteiger partial charge in [0.15, 0.2) is 12.2 Å². The zero-order valence-electron chi connectivity index (χ0n) is 23.3. The van der Waals surface area contributed by atoms with Crippen molar-refractivity contribution in [2.24, 2.45) is 5.73 Å². The Morgan fingerprint density at radius 1 is 0.878 bits per heavy atom. The molecule has 0 bridgehead atoms. The number of carbonyl (C=O) groups excluding carboxylic acids is 4. The molecule has 11 nitrogen and oxygen atoms in total. The standard InChI is InChI=1S/C30H39N5O6/c1-19-5-7-20(8-6-19)18-24(28(38)33-23(27(31)37)17-21-9-11-22(36)12-10-21)34-30(40)26-25(41-26)29(39)32-13-16-35-14-3-2-4-15-35/h5-12,23-26,36H,2-4,13-18H2,1H3,(H2,31,37)(H,32,39)(H,33,38)(H,34,40)/t23-,24-,25-,26-/m0/s1. The number of phenols is 1. The number of rotatable bonds is 13. The highest BCUT2D eigenvalue weighted by molar-refractivity contribution is 5.97. The second kappa shape index (κ2) is 14.1. The first-order chi connectivity index (χ1) is 19.7. The number of hydrogen-bond donors (Lipinski definition) is 5. The van der Waals surface area contributed by atoms with E-state index in [4.69, 9.17) is 10.5 Å². The molecule has 0 saturated carbocycles. The highest BCUT2D eigenvalue weighted by atomic mass is 16.6. The Balaban J connectivity index is 1.35. The van der Waals surface area contributed by atoms with Gasteiger partial charge in [0, 0.05) is 25.9 Å². The summed E-state index contributed by atoms with van der Waals surface area (Å²) in [5.74, 6) is -2.19. The molecule has 6 N–H and O–H groups in total. The molecule has 220 valence electrons. The number of likely N-dealkylation sites (tertiary alicyclic amines) is 1. The third kappa shape index (κ3) is 9.02. The second-order valence-corrected chi connectivity index (χ2v) is 10.8. The molecule has 4 amide bonds. The van der Waals surface area contributed by atoms with E-state index < -0.39 is 42.0 Å². The van der Waals surface area contributed by atoms with Crippen molar-refractivity contribution in [3.63, 3.8) is 0 Å². The van der Waals surface area contributed by atoms with Crippen LogP contribution in [0.3, 0.4) is 0 Å². The monoisotopic (exact) mass is 565 g/mol. The number of aromatic hydroxyl groups is 1. The van der Waals surface area contributed by atoms with Crippen LogP contribution < -0.4 is 21.7 Å². The number of epoxide rings is 1. The fraction of sp³-hybridized carbons (Fsp3) is 0.467. The Hall–Kier alpha value is -3.96. The lowest BCUT2D eigenvalue weighted by Gasteiger charge is -2.26. The van der Waals surface area contributed by atoms with E-state index >= 15 is 0 Å². The molecule has 4 rings (SSSR count). The Morgan fingerprint density at radius 2 is 1.46 bits per heavy atom. The number of ether oxygens (including phenoxy) is 1. The lowest BCUT2D eigenvalue weighted by molar-refractivity contribution is -0.131. The number of primary amides is 1. The minimum absolute atomic E-state index is 0.0746. The van der Waals surface area contributed by atoms with Gasteiger partial charge in [-0.25, -0.2) is 0 Å². The van der Waals surface area contributed by atoms with Crippen LogP contribution in [0.4, 0.5) is 0 Å². The molecule has 2 saturated heterocycles. The van der Waals surface area contributed by atoms with Gasteiger partial charge in [-0.2, -0.15) is 0 Å². The van der Waals surface area contributed by atoms with E-state index in [1.807, 2.05) is 31.2 Å². The highest BCUT2D eigenvalue weighted by Crippen LogP contribution is 2.23. The molecule has 2 aliphatic rings. The van der Waals surface area contributed by atoms with Crippen LogP contribution in [0.1, 0.15) is 36.0 Å². The lowest BCUT2D eigenvalue weighted by Crippen LogP contribution is -2.55. The molecule has 2 heterocycles. The van der Waals surface area contributed by atoms with Crippen molar-refractivity contribution in [1.82, 2.24) is 20.9 Å². The van der Waals surface area contributed by atoms with Crippen LogP contribution in [-0.2, 0) is 36.8 Å². The lowest BCUT2D eigenvalue weighted by atomic mass is 10.0. The van der Waals surface area contributed by atoms with Crippen molar-refractivity contribution in [1.29, 1.82) is 0 Å². The van der Waals surface area contributed by atoms with Crippen molar-refractivity contribution in [2.75, 3.05) is 26.2 Å². The van der Waals surface area contributed by atoms with Crippen LogP contribution in [0, 0.1) is 6.92 Å². The summed E-state index contributed by atoms with van der Waals surface area (Å²) in [5.41, 5.74) is 8.10. The number of phenolic OH excluding ortho intramolecular Hbond substituents is 1. The second-order valence-electron chi connectivity index (χ2n) is 10.8. The molecule has 2 aliphatic heterocycles. The molecule has 0 radical (unpaired) electrons. The molecule has 2 aromatic rings. The summed E-state index contributed by atoms with van der Waals surface area (Å²) >= 11 is 0. The molecular weight excluding hydrogens is 526 g/mol. The Kier molecular flexibility index (Phi) is 10.3. The first-order valence-corrected chi connectivity index (χ1v) is 14.1. The van der Waals surface area contributed by atoms with Crippen molar-refractivity contribution in [2.45, 2.75) is 63.3 Å². The van der Waals surface area contributed by atoms with E-state index in [1.165, 1.54) is 18.6 Å². The molecule has 11 heteroatoms. The van der Waals surface area contributed by atoms with Crippen LogP contribution in [-0.4, -0.2) is 84.1 Å². The normalized spacial score (nSPS) is 19.9. The number of nitrogens with one attached hydrogen (secondary N) is 3. The third-order valence-electron chi connectivity index (χ3n) is 7.41. The maximum atomic E-state index is 13.4. The smallest absolute Gasteiger partial charge is 0.253 e. The zero-order valence-corrected chi connectivity index (χ0v) is 23.3. The van der Waals surface area contributed by atoms with Gasteiger partial charge in [0.1, 0.15) is 17.8 Å². The predicted molar refractivity (Wildman–Crippen MR) is 152 cm³/mol. The molecule has 2 fully saturated rings. The zero-order chi connectivity index (χ0) is 29.4. The van der Waals surface area contributed by atoms with E-state index in [2.05, 4.69) is 20.9 Å². The molecule has 0 unspecified atom stereocenters. The minimum atomic E-state index is -1.04. The van der Waals surface area contributed by atoms with Crippen molar-refractivity contribution >= 4 is 23.6 Å². The quantitative estimate of drug-likeness (QED) is 0.218. The molecular formula is C30H39N5O6. The summed E-state index contributed by atoms with van der Waals surface area (Å²) in [6, 6.07) is 11.6. The first-order valence-electron chi connectivity index (χ1n) is 14.1. The third-order valence-corrected chi connectivity index (χ3v) is 7.41. The SMILES string of the molecule is Cc1ccc(C[C@H](NC(=O)[C@H]2O[C@@H]2C(=O)NCCN2CCCCC2)C(=O)N[C@@H](Cc2ccc(O)cc2)C(N)=O)cc1. The maximum Gasteiger partial charge on any atom is 0.253 e. The number of amides is 4. The Bertz CT molecular complexity index is 1210. The van der Waals surface area contributed by atoms with Gasteiger partial charge in [-0.15, -0.1) is 0 Å². The number of nitrogens with two attached hydrogens (primary N) is 1. The summed E-state index contributed by atoms with van der Waals surface area (Å²) in [7, 11) is 0. The highest BCUT2D eigenvalue weighted by Gasteiger charge is 2.51. The van der Waals surface area contributed by atoms with Gasteiger partial charge in [0.25, 0.3) is 11.8 Å². The van der Waals surface area contributed by atoms with E-state index in [-0.39, 0.29) is 24.5 Å². The van der Waals surface area contributed by atoms with Crippen molar-refractivity contribution < 1.29 is 29.0 Å². The Morgan fingerprint density at radius 3 is 2.10 bits per heavy atom. The average Bonchev–Trinajstić information content (AvgIpc) is 3.76. The van der Waals surface area contributed by atoms with Gasteiger partial charge in [-0.3, -0.25) is 19.2 Å². The predicted octanol–water partition coefficient (Wildman–Crippen LogP) is 0.310. The summed E-state index contributed by atoms with van der Waals surface area (Å²) in [6.07, 6.45) is 1.92. The van der Waals surface area contributed by atoms with Gasteiger partial charge < -0.3 is 36.4 Å². The number of piperidine rings is 1. The van der Waals surface area contributed by atoms with E-state index in [1.54, 1.807) is 12.1 Å². The van der Waals surface area contributed by atoms with E-state index in [9.17, 15) is 24.3 Å². The van der Waals surface area contributed by atoms with Gasteiger partial charge >= 0.3 is 0 Å². The number of carbonyl (C=O) groups is 4. The number of nitrogens with zero attached hydrogens (tertiary/aromatic N) is 1. The van der Waals surface area contributed by atoms with E-state index in [0.717, 1.165) is 43.6 Å². The van der Waals surface area contributed by atoms with Gasteiger partial charge in [-0.05, 0) is 56.1 Å². The molecule has 0 aromatic heterocycles.